The van der Waals surface area contributed by atoms with E-state index in [2.05, 4.69) is 21.9 Å². The number of alkyl halides is 2. The molecule has 1 aromatic rings. The fourth-order valence-corrected chi connectivity index (χ4v) is 8.25. The molecule has 5 atom stereocenters. The zero-order valence-corrected chi connectivity index (χ0v) is 28.7. The second-order valence-corrected chi connectivity index (χ2v) is 15.6. The van der Waals surface area contributed by atoms with E-state index in [0.717, 1.165) is 21.6 Å². The first kappa shape index (κ1) is 36.3. The van der Waals surface area contributed by atoms with Gasteiger partial charge in [0.05, 0.1) is 18.4 Å². The third-order valence-electron chi connectivity index (χ3n) is 9.98. The molecule has 17 heteroatoms. The van der Waals surface area contributed by atoms with Gasteiger partial charge in [0.2, 0.25) is 28.3 Å². The summed E-state index contributed by atoms with van der Waals surface area (Å²) in [7, 11) is -3.97. The van der Waals surface area contributed by atoms with Gasteiger partial charge in [0.15, 0.2) is 0 Å². The van der Waals surface area contributed by atoms with Crippen LogP contribution in [0.2, 0.25) is 0 Å². The molecule has 5 aliphatic rings. The summed E-state index contributed by atoms with van der Waals surface area (Å²) < 4.78 is 65.7. The summed E-state index contributed by atoms with van der Waals surface area (Å²) >= 11 is 0. The Hall–Kier alpha value is -4.54. The molecule has 0 unspecified atom stereocenters. The van der Waals surface area contributed by atoms with Crippen LogP contribution >= 0.6 is 0 Å². The zero-order valence-electron chi connectivity index (χ0n) is 27.9. The molecule has 0 radical (unpaired) electrons. The van der Waals surface area contributed by atoms with Crippen LogP contribution in [0, 0.1) is 5.92 Å². The summed E-state index contributed by atoms with van der Waals surface area (Å²) in [5, 5.41) is 4.08. The smallest absolute Gasteiger partial charge is 0.410 e. The van der Waals surface area contributed by atoms with Gasteiger partial charge < -0.3 is 29.9 Å². The van der Waals surface area contributed by atoms with E-state index >= 15 is 0 Å². The number of ether oxygens (including phenoxy) is 2. The van der Waals surface area contributed by atoms with Crippen molar-refractivity contribution in [3.8, 4) is 0 Å². The van der Waals surface area contributed by atoms with Gasteiger partial charge in [0.1, 0.15) is 23.7 Å². The third kappa shape index (κ3) is 8.02. The van der Waals surface area contributed by atoms with E-state index in [-0.39, 0.29) is 32.5 Å². The topological polar surface area (TPSA) is 181 Å². The molecular weight excluding hydrogens is 692 g/mol. The number of halogens is 2. The minimum atomic E-state index is -3.97. The minimum absolute atomic E-state index is 0.0301. The lowest BCUT2D eigenvalue weighted by atomic mass is 9.94. The number of benzene rings is 1. The number of sulfonamides is 1. The van der Waals surface area contributed by atoms with Crippen molar-refractivity contribution in [1.29, 1.82) is 0 Å². The van der Waals surface area contributed by atoms with Gasteiger partial charge in [-0.3, -0.25) is 19.1 Å². The van der Waals surface area contributed by atoms with Crippen LogP contribution in [0.3, 0.4) is 0 Å². The highest BCUT2D eigenvalue weighted by Gasteiger charge is 2.62. The molecule has 3 N–H and O–H groups in total. The largest absolute Gasteiger partial charge is 0.450 e. The van der Waals surface area contributed by atoms with Crippen LogP contribution in [0.1, 0.15) is 61.6 Å². The van der Waals surface area contributed by atoms with Crippen molar-refractivity contribution in [3.05, 3.63) is 53.6 Å². The molecule has 1 aromatic carbocycles. The molecule has 51 heavy (non-hydrogen) atoms. The summed E-state index contributed by atoms with van der Waals surface area (Å²) in [6, 6.07) is 2.60. The number of hydrogen-bond donors (Lipinski definition) is 3. The summed E-state index contributed by atoms with van der Waals surface area (Å²) in [5.74, 6) is -3.53. The molecule has 3 aliphatic heterocycles. The molecule has 276 valence electrons. The molecule has 5 amide bonds. The highest BCUT2D eigenvalue weighted by atomic mass is 32.2. The number of fused-ring (bicyclic) bond motifs is 3. The zero-order chi connectivity index (χ0) is 36.5. The Labute approximate surface area is 294 Å². The van der Waals surface area contributed by atoms with Crippen molar-refractivity contribution in [2.24, 2.45) is 5.92 Å². The predicted molar refractivity (Wildman–Crippen MR) is 177 cm³/mol. The van der Waals surface area contributed by atoms with Gasteiger partial charge in [-0.2, -0.15) is 0 Å². The van der Waals surface area contributed by atoms with Crippen molar-refractivity contribution in [3.63, 3.8) is 0 Å². The SMILES string of the molecule is C=C[C@@H]1C[C@]1(NC(=O)[C@@H]1C[C@@H]2CN1C(=O)[C@H](CC(F)F)NC(=O)OCCC/C=C/c1cccc3c1CN(CC3)C(=O)O2)C(=O)NS(=O)(=O)C1CC1. The van der Waals surface area contributed by atoms with Crippen LogP contribution in [0.5, 0.6) is 0 Å². The fourth-order valence-electron chi connectivity index (χ4n) is 6.89. The maximum absolute atomic E-state index is 14.0. The minimum Gasteiger partial charge on any atom is -0.450 e. The second-order valence-electron chi connectivity index (χ2n) is 13.6. The first-order valence-corrected chi connectivity index (χ1v) is 18.6. The normalized spacial score (nSPS) is 29.0. The number of nitrogens with zero attached hydrogens (tertiary/aromatic N) is 2. The van der Waals surface area contributed by atoms with E-state index in [9.17, 15) is 41.2 Å². The number of cyclic esters (lactones) is 1. The first-order valence-electron chi connectivity index (χ1n) is 17.1. The van der Waals surface area contributed by atoms with E-state index in [0.29, 0.717) is 38.6 Å². The lowest BCUT2D eigenvalue weighted by Crippen LogP contribution is -2.58. The lowest BCUT2D eigenvalue weighted by molar-refractivity contribution is -0.141. The monoisotopic (exact) mass is 733 g/mol. The second kappa shape index (κ2) is 14.6. The van der Waals surface area contributed by atoms with Crippen LogP contribution in [-0.4, -0.2) is 103 Å². The number of nitrogens with one attached hydrogen (secondary N) is 3. The Morgan fingerprint density at radius 1 is 1.20 bits per heavy atom. The van der Waals surface area contributed by atoms with Crippen LogP contribution in [0.15, 0.2) is 36.9 Å². The Balaban J connectivity index is 1.27. The molecule has 6 rings (SSSR count). The third-order valence-corrected chi connectivity index (χ3v) is 11.8. The lowest BCUT2D eigenvalue weighted by Gasteiger charge is -2.30. The average Bonchev–Trinajstić information content (AvgIpc) is 4.01. The Morgan fingerprint density at radius 2 is 1.98 bits per heavy atom. The number of allylic oxidation sites excluding steroid dienone is 1. The van der Waals surface area contributed by atoms with Crippen LogP contribution < -0.4 is 15.4 Å². The molecule has 3 heterocycles. The molecular formula is C34H41F2N5O9S. The van der Waals surface area contributed by atoms with E-state index in [1.54, 1.807) is 0 Å². The van der Waals surface area contributed by atoms with Gasteiger partial charge in [-0.15, -0.1) is 6.58 Å². The number of amides is 5. The molecule has 1 saturated heterocycles. The standard InChI is InChI=1S/C34H41F2N5O9S/c1-2-22-17-34(22,31(44)39-51(47,48)24-10-11-24)38-29(42)27-15-23-18-41(27)30(43)26(16-28(35)36)37-32(45)49-14-5-3-4-7-20-8-6-9-21-12-13-40(19-25(20)21)33(46)50-23/h2,4,6-9,22-24,26-28H,1,3,5,10-19H2,(H,37,45)(H,38,42)(H,39,44)/b7-4+/t22-,23-,26+,27+,34-/m1/s1. The van der Waals surface area contributed by atoms with Crippen molar-refractivity contribution in [2.75, 3.05) is 19.7 Å². The van der Waals surface area contributed by atoms with Crippen molar-refractivity contribution < 1.29 is 50.6 Å². The molecule has 3 fully saturated rings. The van der Waals surface area contributed by atoms with Crippen molar-refractivity contribution >= 4 is 46.0 Å². The van der Waals surface area contributed by atoms with E-state index in [4.69, 9.17) is 9.47 Å². The number of carbonyl (C=O) groups is 5. The van der Waals surface area contributed by atoms with Gasteiger partial charge in [-0.25, -0.2) is 26.8 Å². The number of alkyl carbamates (subject to hydrolysis) is 1. The van der Waals surface area contributed by atoms with Gasteiger partial charge in [-0.1, -0.05) is 36.4 Å². The summed E-state index contributed by atoms with van der Waals surface area (Å²) in [4.78, 5) is 69.8. The molecule has 4 bridgehead atoms. The Morgan fingerprint density at radius 3 is 2.69 bits per heavy atom. The fraction of sp³-hybridized carbons (Fsp3) is 0.559. The van der Waals surface area contributed by atoms with Gasteiger partial charge in [0, 0.05) is 31.8 Å². The number of carbonyl (C=O) groups excluding carboxylic acids is 5. The van der Waals surface area contributed by atoms with E-state index in [1.807, 2.05) is 30.4 Å². The number of rotatable bonds is 8. The van der Waals surface area contributed by atoms with Crippen LogP contribution in [0.25, 0.3) is 6.08 Å². The first-order chi connectivity index (χ1) is 24.3. The van der Waals surface area contributed by atoms with Crippen LogP contribution in [-0.2, 0) is 46.8 Å². The van der Waals surface area contributed by atoms with Crippen LogP contribution in [0.4, 0.5) is 18.4 Å². The summed E-state index contributed by atoms with van der Waals surface area (Å²) in [6.45, 7) is 3.84. The van der Waals surface area contributed by atoms with E-state index in [1.165, 1.54) is 11.0 Å². The maximum atomic E-state index is 14.0. The molecule has 0 aromatic heterocycles. The van der Waals surface area contributed by atoms with Crippen molar-refractivity contribution in [1.82, 2.24) is 25.2 Å². The average molecular weight is 734 g/mol. The predicted octanol–water partition coefficient (Wildman–Crippen LogP) is 2.38. The highest BCUT2D eigenvalue weighted by molar-refractivity contribution is 7.91. The molecule has 14 nitrogen and oxygen atoms in total. The molecule has 2 aliphatic carbocycles. The summed E-state index contributed by atoms with van der Waals surface area (Å²) in [6.07, 6.45) is 0.297. The van der Waals surface area contributed by atoms with Gasteiger partial charge >= 0.3 is 12.2 Å². The van der Waals surface area contributed by atoms with Crippen molar-refractivity contribution in [2.45, 2.75) is 93.3 Å². The number of hydrogen-bond acceptors (Lipinski definition) is 9. The summed E-state index contributed by atoms with van der Waals surface area (Å²) in [5.41, 5.74) is 1.24. The molecule has 2 saturated carbocycles. The Bertz CT molecular complexity index is 1740. The highest BCUT2D eigenvalue weighted by Crippen LogP contribution is 2.45. The van der Waals surface area contributed by atoms with Gasteiger partial charge in [0.25, 0.3) is 5.91 Å². The maximum Gasteiger partial charge on any atom is 0.410 e. The Kier molecular flexibility index (Phi) is 10.4. The molecule has 0 spiro atoms. The van der Waals surface area contributed by atoms with E-state index < -0.39 is 87.7 Å². The van der Waals surface area contributed by atoms with Gasteiger partial charge in [-0.05, 0) is 55.2 Å². The quantitative estimate of drug-likeness (QED) is 0.338.